The summed E-state index contributed by atoms with van der Waals surface area (Å²) in [5, 5.41) is 5.02. The van der Waals surface area contributed by atoms with E-state index in [1.54, 1.807) is 0 Å². The normalized spacial score (nSPS) is 12.0. The maximum atomic E-state index is 2.49. The van der Waals surface area contributed by atoms with E-state index in [1.165, 1.54) is 93.9 Å². The van der Waals surface area contributed by atoms with Crippen LogP contribution in [0.4, 0.5) is 17.1 Å². The van der Waals surface area contributed by atoms with Crippen LogP contribution in [0.25, 0.3) is 82.8 Å². The molecule has 10 aromatic carbocycles. The van der Waals surface area contributed by atoms with E-state index in [-0.39, 0.29) is 10.8 Å². The molecule has 2 nitrogen and oxygen atoms in total. The Morgan fingerprint density at radius 1 is 0.324 bits per heavy atom. The summed E-state index contributed by atoms with van der Waals surface area (Å²) in [7, 11) is 0. The van der Waals surface area contributed by atoms with Gasteiger partial charge in [-0.05, 0) is 150 Å². The molecule has 68 heavy (non-hydrogen) atoms. The van der Waals surface area contributed by atoms with Crippen LogP contribution in [-0.4, -0.2) is 4.57 Å². The van der Waals surface area contributed by atoms with Crippen LogP contribution in [0.5, 0.6) is 0 Å². The van der Waals surface area contributed by atoms with Gasteiger partial charge in [0.2, 0.25) is 0 Å². The molecule has 0 unspecified atom stereocenters. The average Bonchev–Trinajstić information content (AvgIpc) is 3.70. The quantitative estimate of drug-likeness (QED) is 0.148. The lowest BCUT2D eigenvalue weighted by molar-refractivity contribution is 0.591. The second-order valence-electron chi connectivity index (χ2n) is 20.3. The molecule has 0 N–H and O–H groups in total. The van der Waals surface area contributed by atoms with Crippen molar-refractivity contribution in [1.82, 2.24) is 4.57 Å². The van der Waals surface area contributed by atoms with Crippen molar-refractivity contribution in [2.75, 3.05) is 4.90 Å². The van der Waals surface area contributed by atoms with Gasteiger partial charge in [0.1, 0.15) is 0 Å². The molecule has 11 rings (SSSR count). The van der Waals surface area contributed by atoms with E-state index >= 15 is 0 Å². The molecule has 0 fully saturated rings. The highest BCUT2D eigenvalue weighted by Crippen LogP contribution is 2.45. The number of anilines is 3. The first-order valence-corrected chi connectivity index (χ1v) is 23.9. The molecule has 0 aliphatic carbocycles. The summed E-state index contributed by atoms with van der Waals surface area (Å²) in [5.41, 5.74) is 19.1. The summed E-state index contributed by atoms with van der Waals surface area (Å²) >= 11 is 0. The molecule has 1 heterocycles. The Morgan fingerprint density at radius 3 is 1.44 bits per heavy atom. The first kappa shape index (κ1) is 42.7. The van der Waals surface area contributed by atoms with Gasteiger partial charge in [-0.2, -0.15) is 0 Å². The zero-order chi connectivity index (χ0) is 46.6. The largest absolute Gasteiger partial charge is 0.310 e. The average molecular weight is 877 g/mol. The third kappa shape index (κ3) is 8.07. The van der Waals surface area contributed by atoms with E-state index in [9.17, 15) is 0 Å². The molecule has 0 aliphatic rings. The smallest absolute Gasteiger partial charge is 0.0550 e. The van der Waals surface area contributed by atoms with E-state index in [0.29, 0.717) is 0 Å². The van der Waals surface area contributed by atoms with Crippen molar-refractivity contribution in [3.8, 4) is 50.2 Å². The van der Waals surface area contributed by atoms with E-state index in [2.05, 4.69) is 282 Å². The van der Waals surface area contributed by atoms with Gasteiger partial charge in [-0.15, -0.1) is 0 Å². The molecule has 0 saturated carbocycles. The third-order valence-electron chi connectivity index (χ3n) is 13.7. The Morgan fingerprint density at radius 2 is 0.824 bits per heavy atom. The minimum Gasteiger partial charge on any atom is -0.310 e. The van der Waals surface area contributed by atoms with Crippen LogP contribution in [-0.2, 0) is 10.8 Å². The molecule has 0 radical (unpaired) electrons. The van der Waals surface area contributed by atoms with Crippen molar-refractivity contribution < 1.29 is 0 Å². The number of hydrogen-bond donors (Lipinski definition) is 0. The highest BCUT2D eigenvalue weighted by atomic mass is 15.1. The third-order valence-corrected chi connectivity index (χ3v) is 13.7. The maximum absolute atomic E-state index is 2.49. The van der Waals surface area contributed by atoms with Crippen LogP contribution in [0, 0.1) is 0 Å². The summed E-state index contributed by atoms with van der Waals surface area (Å²) in [6, 6.07) is 85.0. The predicted octanol–water partition coefficient (Wildman–Crippen LogP) is 18.7. The van der Waals surface area contributed by atoms with Gasteiger partial charge in [0, 0.05) is 33.5 Å². The molecule has 0 aliphatic heterocycles. The molecule has 11 aromatic rings. The predicted molar refractivity (Wildman–Crippen MR) is 292 cm³/mol. The minimum absolute atomic E-state index is 0.00221. The second kappa shape index (κ2) is 17.0. The molecule has 0 amide bonds. The van der Waals surface area contributed by atoms with Gasteiger partial charge in [-0.3, -0.25) is 0 Å². The van der Waals surface area contributed by atoms with E-state index < -0.39 is 0 Å². The van der Waals surface area contributed by atoms with Crippen molar-refractivity contribution in [1.29, 1.82) is 0 Å². The van der Waals surface area contributed by atoms with Crippen LogP contribution in [0.15, 0.2) is 231 Å². The van der Waals surface area contributed by atoms with E-state index in [0.717, 1.165) is 17.1 Å². The van der Waals surface area contributed by atoms with Crippen molar-refractivity contribution in [3.63, 3.8) is 0 Å². The summed E-state index contributed by atoms with van der Waals surface area (Å²) in [6.45, 7) is 13.9. The van der Waals surface area contributed by atoms with Gasteiger partial charge in [0.15, 0.2) is 0 Å². The Hall–Kier alpha value is -7.94. The molecule has 1 aromatic heterocycles. The zero-order valence-electron chi connectivity index (χ0n) is 39.8. The highest BCUT2D eigenvalue weighted by molar-refractivity contribution is 6.16. The Bertz CT molecular complexity index is 3580. The van der Waals surface area contributed by atoms with Gasteiger partial charge >= 0.3 is 0 Å². The molecular formula is C66H56N2. The fourth-order valence-electron chi connectivity index (χ4n) is 9.85. The fourth-order valence-corrected chi connectivity index (χ4v) is 9.85. The molecule has 2 heteroatoms. The number of aromatic nitrogens is 1. The second-order valence-corrected chi connectivity index (χ2v) is 20.3. The van der Waals surface area contributed by atoms with Crippen molar-refractivity contribution in [2.24, 2.45) is 0 Å². The first-order valence-electron chi connectivity index (χ1n) is 23.9. The molecule has 330 valence electrons. The topological polar surface area (TPSA) is 8.17 Å². The lowest BCUT2D eigenvalue weighted by Gasteiger charge is -2.27. The lowest BCUT2D eigenvalue weighted by atomic mass is 9.83. The number of hydrogen-bond acceptors (Lipinski definition) is 1. The number of para-hydroxylation sites is 1. The molecule has 0 saturated heterocycles. The Labute approximate surface area is 401 Å². The van der Waals surface area contributed by atoms with Crippen LogP contribution >= 0.6 is 0 Å². The van der Waals surface area contributed by atoms with Crippen LogP contribution in [0.3, 0.4) is 0 Å². The maximum Gasteiger partial charge on any atom is 0.0550 e. The van der Waals surface area contributed by atoms with Crippen molar-refractivity contribution in [3.05, 3.63) is 242 Å². The van der Waals surface area contributed by atoms with E-state index in [4.69, 9.17) is 0 Å². The van der Waals surface area contributed by atoms with Gasteiger partial charge in [-0.1, -0.05) is 199 Å². The van der Waals surface area contributed by atoms with Gasteiger partial charge in [0.25, 0.3) is 0 Å². The molecule has 0 spiro atoms. The van der Waals surface area contributed by atoms with Gasteiger partial charge < -0.3 is 9.47 Å². The van der Waals surface area contributed by atoms with Gasteiger partial charge in [-0.25, -0.2) is 0 Å². The van der Waals surface area contributed by atoms with Crippen molar-refractivity contribution >= 4 is 49.6 Å². The summed E-state index contributed by atoms with van der Waals surface area (Å²) < 4.78 is 2.49. The van der Waals surface area contributed by atoms with Gasteiger partial charge in [0.05, 0.1) is 11.0 Å². The Balaban J connectivity index is 1.07. The number of nitrogens with zero attached hydrogens (tertiary/aromatic N) is 2. The molecule has 0 bridgehead atoms. The van der Waals surface area contributed by atoms with Crippen LogP contribution in [0.1, 0.15) is 52.7 Å². The monoisotopic (exact) mass is 876 g/mol. The van der Waals surface area contributed by atoms with E-state index in [1.807, 2.05) is 0 Å². The molecule has 0 atom stereocenters. The zero-order valence-corrected chi connectivity index (χ0v) is 39.8. The Kier molecular flexibility index (Phi) is 10.7. The number of rotatable bonds is 8. The highest BCUT2D eigenvalue weighted by Gasteiger charge is 2.25. The summed E-state index contributed by atoms with van der Waals surface area (Å²) in [5.74, 6) is 0. The number of fused-ring (bicyclic) bond motifs is 4. The van der Waals surface area contributed by atoms with Crippen LogP contribution in [0.2, 0.25) is 0 Å². The van der Waals surface area contributed by atoms with Crippen LogP contribution < -0.4 is 4.90 Å². The minimum atomic E-state index is -0.0858. The molecular weight excluding hydrogens is 821 g/mol. The summed E-state index contributed by atoms with van der Waals surface area (Å²) in [6.07, 6.45) is 0. The summed E-state index contributed by atoms with van der Waals surface area (Å²) in [4.78, 5) is 2.41. The number of benzene rings is 10. The lowest BCUT2D eigenvalue weighted by Crippen LogP contribution is -2.12. The SMILES string of the molecule is CC(C)(C)c1ccc2c3c(-c4cccc(N(c5ccc(-c6ccc(-c7ccccc7)cc6)cc5)c5ccc(-c6ccc7ccccc7c6)cc5)c4)cc(C(C)(C)C)cc3n(-c3ccccc3)c2c1. The van der Waals surface area contributed by atoms with Crippen molar-refractivity contribution in [2.45, 2.75) is 52.4 Å². The fraction of sp³-hybridized carbons (Fsp3) is 0.121. The first-order chi connectivity index (χ1) is 33.0. The standard InChI is InChI=1S/C66H56N2/c1-65(2,3)54-34-39-60-62(43-54)68(56-21-11-8-12-22-56)63-44-55(66(4,5)6)42-61(64(60)63)53-20-15-23-59(41-53)67(58-37-32-50(33-38-58)52-29-28-46-18-13-14-19-51(46)40-52)57-35-30-49(31-36-57)48-26-24-47(25-27-48)45-16-9-7-10-17-45/h7-44H,1-6H3.